The summed E-state index contributed by atoms with van der Waals surface area (Å²) in [5, 5.41) is 4.12. The number of imidazole rings is 1. The number of amides is 1. The molecule has 0 bridgehead atoms. The van der Waals surface area contributed by atoms with E-state index in [1.807, 2.05) is 22.7 Å². The SMILES string of the molecule is Cn1cc(-c2ccc3ncc(-c4ccc(S(C)(=O)=O)s4)n3c2)c(C(N)=O)n1. The van der Waals surface area contributed by atoms with Gasteiger partial charge in [-0.05, 0) is 24.3 Å². The molecule has 138 valence electrons. The average molecular weight is 401 g/mol. The number of rotatable bonds is 4. The van der Waals surface area contributed by atoms with Gasteiger partial charge >= 0.3 is 0 Å². The van der Waals surface area contributed by atoms with Crippen LogP contribution in [0.2, 0.25) is 0 Å². The molecular formula is C17H15N5O3S2. The van der Waals surface area contributed by atoms with Crippen LogP contribution in [-0.2, 0) is 16.9 Å². The number of aryl methyl sites for hydroxylation is 1. The number of hydrogen-bond acceptors (Lipinski definition) is 6. The van der Waals surface area contributed by atoms with Crippen molar-refractivity contribution in [2.45, 2.75) is 4.21 Å². The number of carbonyl (C=O) groups is 1. The molecule has 0 aromatic carbocycles. The van der Waals surface area contributed by atoms with Crippen molar-refractivity contribution in [1.29, 1.82) is 0 Å². The Morgan fingerprint density at radius 1 is 1.19 bits per heavy atom. The van der Waals surface area contributed by atoms with Gasteiger partial charge in [-0.2, -0.15) is 5.10 Å². The number of primary amides is 1. The van der Waals surface area contributed by atoms with Crippen LogP contribution < -0.4 is 5.73 Å². The van der Waals surface area contributed by atoms with E-state index in [1.54, 1.807) is 31.6 Å². The molecule has 1 amide bonds. The molecule has 4 rings (SSSR count). The van der Waals surface area contributed by atoms with Crippen LogP contribution in [0, 0.1) is 0 Å². The molecule has 0 radical (unpaired) electrons. The Bertz CT molecular complexity index is 1300. The van der Waals surface area contributed by atoms with Gasteiger partial charge in [0.1, 0.15) is 9.86 Å². The molecule has 0 unspecified atom stereocenters. The first-order chi connectivity index (χ1) is 12.7. The van der Waals surface area contributed by atoms with Crippen molar-refractivity contribution in [2.24, 2.45) is 12.8 Å². The van der Waals surface area contributed by atoms with Crippen molar-refractivity contribution >= 4 is 32.7 Å². The molecule has 27 heavy (non-hydrogen) atoms. The van der Waals surface area contributed by atoms with Crippen LogP contribution in [0.3, 0.4) is 0 Å². The van der Waals surface area contributed by atoms with Crippen molar-refractivity contribution < 1.29 is 13.2 Å². The second kappa shape index (κ2) is 6.03. The van der Waals surface area contributed by atoms with Gasteiger partial charge in [0.25, 0.3) is 5.91 Å². The van der Waals surface area contributed by atoms with Gasteiger partial charge in [0.2, 0.25) is 0 Å². The molecule has 0 saturated heterocycles. The number of carbonyl (C=O) groups excluding carboxylic acids is 1. The van der Waals surface area contributed by atoms with Gasteiger partial charge in [-0.25, -0.2) is 13.4 Å². The lowest BCUT2D eigenvalue weighted by Gasteiger charge is -2.04. The topological polar surface area (TPSA) is 112 Å². The summed E-state index contributed by atoms with van der Waals surface area (Å²) in [7, 11) is -1.55. The summed E-state index contributed by atoms with van der Waals surface area (Å²) < 4.78 is 27.2. The predicted molar refractivity (Wildman–Crippen MR) is 102 cm³/mol. The van der Waals surface area contributed by atoms with Gasteiger partial charge in [0, 0.05) is 36.8 Å². The summed E-state index contributed by atoms with van der Waals surface area (Å²) in [6.07, 6.45) is 6.43. The minimum absolute atomic E-state index is 0.189. The summed E-state index contributed by atoms with van der Waals surface area (Å²) in [6, 6.07) is 7.01. The Hall–Kier alpha value is -2.98. The third-order valence-electron chi connectivity index (χ3n) is 4.08. The summed E-state index contributed by atoms with van der Waals surface area (Å²) in [5.74, 6) is -0.604. The van der Waals surface area contributed by atoms with Gasteiger partial charge in [0.05, 0.1) is 16.8 Å². The molecule has 8 nitrogen and oxygen atoms in total. The van der Waals surface area contributed by atoms with E-state index in [9.17, 15) is 13.2 Å². The van der Waals surface area contributed by atoms with E-state index in [0.717, 1.165) is 16.1 Å². The lowest BCUT2D eigenvalue weighted by Crippen LogP contribution is -2.13. The highest BCUT2D eigenvalue weighted by Crippen LogP contribution is 2.32. The smallest absolute Gasteiger partial charge is 0.269 e. The molecule has 4 aromatic heterocycles. The first-order valence-corrected chi connectivity index (χ1v) is 10.6. The quantitative estimate of drug-likeness (QED) is 0.562. The highest BCUT2D eigenvalue weighted by molar-refractivity contribution is 7.92. The maximum absolute atomic E-state index is 11.8. The van der Waals surface area contributed by atoms with Gasteiger partial charge in [-0.1, -0.05) is 0 Å². The molecule has 0 aliphatic heterocycles. The average Bonchev–Trinajstić information content (AvgIpc) is 3.30. The van der Waals surface area contributed by atoms with Gasteiger partial charge in [-0.3, -0.25) is 13.9 Å². The van der Waals surface area contributed by atoms with Crippen LogP contribution in [0.15, 0.2) is 47.1 Å². The van der Waals surface area contributed by atoms with Crippen LogP contribution in [0.5, 0.6) is 0 Å². The molecule has 0 atom stereocenters. The van der Waals surface area contributed by atoms with Gasteiger partial charge in [-0.15, -0.1) is 11.3 Å². The predicted octanol–water partition coefficient (Wildman–Crippen LogP) is 1.97. The molecule has 2 N–H and O–H groups in total. The molecular weight excluding hydrogens is 386 g/mol. The van der Waals surface area contributed by atoms with E-state index in [2.05, 4.69) is 10.1 Å². The maximum atomic E-state index is 11.8. The third-order valence-corrected chi connectivity index (χ3v) is 7.01. The Morgan fingerprint density at radius 3 is 2.63 bits per heavy atom. The summed E-state index contributed by atoms with van der Waals surface area (Å²) in [5.41, 5.74) is 8.46. The molecule has 0 aliphatic carbocycles. The Labute approximate surface area is 158 Å². The fourth-order valence-corrected chi connectivity index (χ4v) is 4.80. The number of pyridine rings is 1. The lowest BCUT2D eigenvalue weighted by atomic mass is 10.1. The number of hydrogen-bond donors (Lipinski definition) is 1. The van der Waals surface area contributed by atoms with Crippen LogP contribution >= 0.6 is 11.3 Å². The molecule has 4 aromatic rings. The third kappa shape index (κ3) is 3.02. The minimum atomic E-state index is -3.26. The van der Waals surface area contributed by atoms with E-state index in [1.165, 1.54) is 22.3 Å². The van der Waals surface area contributed by atoms with Crippen molar-refractivity contribution in [3.63, 3.8) is 0 Å². The van der Waals surface area contributed by atoms with Crippen LogP contribution in [-0.4, -0.2) is 39.7 Å². The van der Waals surface area contributed by atoms with E-state index in [4.69, 9.17) is 5.73 Å². The summed E-state index contributed by atoms with van der Waals surface area (Å²) in [4.78, 5) is 16.8. The zero-order valence-electron chi connectivity index (χ0n) is 14.4. The zero-order chi connectivity index (χ0) is 19.3. The molecule has 0 saturated carbocycles. The molecule has 0 aliphatic rings. The fourth-order valence-electron chi connectivity index (χ4n) is 2.86. The van der Waals surface area contributed by atoms with E-state index >= 15 is 0 Å². The van der Waals surface area contributed by atoms with Crippen molar-refractivity contribution in [2.75, 3.05) is 6.26 Å². The van der Waals surface area contributed by atoms with Crippen molar-refractivity contribution in [1.82, 2.24) is 19.2 Å². The van der Waals surface area contributed by atoms with E-state index < -0.39 is 15.7 Å². The Morgan fingerprint density at radius 2 is 1.96 bits per heavy atom. The zero-order valence-corrected chi connectivity index (χ0v) is 16.1. The number of sulfone groups is 1. The number of nitrogens with two attached hydrogens (primary N) is 1. The normalized spacial score (nSPS) is 11.9. The second-order valence-electron chi connectivity index (χ2n) is 6.11. The Balaban J connectivity index is 1.88. The van der Waals surface area contributed by atoms with Crippen LogP contribution in [0.4, 0.5) is 0 Å². The number of aromatic nitrogens is 4. The fraction of sp³-hybridized carbons (Fsp3) is 0.118. The van der Waals surface area contributed by atoms with E-state index in [0.29, 0.717) is 15.4 Å². The molecule has 4 heterocycles. The van der Waals surface area contributed by atoms with Crippen LogP contribution in [0.1, 0.15) is 10.5 Å². The number of fused-ring (bicyclic) bond motifs is 1. The second-order valence-corrected chi connectivity index (χ2v) is 9.44. The van der Waals surface area contributed by atoms with Gasteiger partial charge < -0.3 is 5.73 Å². The number of thiophene rings is 1. The maximum Gasteiger partial charge on any atom is 0.269 e. The first kappa shape index (κ1) is 17.4. The highest BCUT2D eigenvalue weighted by Gasteiger charge is 2.17. The Kier molecular flexibility index (Phi) is 3.89. The largest absolute Gasteiger partial charge is 0.364 e. The monoisotopic (exact) mass is 401 g/mol. The first-order valence-electron chi connectivity index (χ1n) is 7.85. The minimum Gasteiger partial charge on any atom is -0.364 e. The van der Waals surface area contributed by atoms with Crippen LogP contribution in [0.25, 0.3) is 27.3 Å². The highest BCUT2D eigenvalue weighted by atomic mass is 32.2. The molecule has 0 fully saturated rings. The molecule has 10 heteroatoms. The standard InChI is InChI=1S/C17H15N5O3S2/c1-21-9-11(16(20-21)17(18)23)10-3-5-14-19-7-12(22(14)8-10)13-4-6-15(26-13)27(2,24)25/h3-9H,1-2H3,(H2,18,23). The summed E-state index contributed by atoms with van der Waals surface area (Å²) >= 11 is 1.19. The van der Waals surface area contributed by atoms with Crippen molar-refractivity contribution in [3.05, 3.63) is 48.5 Å². The molecule has 0 spiro atoms. The lowest BCUT2D eigenvalue weighted by molar-refractivity contribution is 0.0995. The number of nitrogens with zero attached hydrogens (tertiary/aromatic N) is 4. The van der Waals surface area contributed by atoms with E-state index in [-0.39, 0.29) is 5.69 Å². The van der Waals surface area contributed by atoms with Crippen molar-refractivity contribution in [3.8, 4) is 21.7 Å². The van der Waals surface area contributed by atoms with Gasteiger partial charge in [0.15, 0.2) is 15.5 Å². The summed E-state index contributed by atoms with van der Waals surface area (Å²) in [6.45, 7) is 0.